The van der Waals surface area contributed by atoms with Crippen molar-refractivity contribution in [3.8, 4) is 0 Å². The smallest absolute Gasteiger partial charge is 0.243 e. The first-order chi connectivity index (χ1) is 17.3. The molecule has 2 amide bonds. The summed E-state index contributed by atoms with van der Waals surface area (Å²) in [5.74, 6) is 0.0147. The van der Waals surface area contributed by atoms with Gasteiger partial charge >= 0.3 is 0 Å². The second-order valence-corrected chi connectivity index (χ2v) is 12.2. The lowest BCUT2D eigenvalue weighted by molar-refractivity contribution is -0.138. The van der Waals surface area contributed by atoms with Crippen LogP contribution in [0.4, 0.5) is 0 Å². The summed E-state index contributed by atoms with van der Waals surface area (Å²) in [4.78, 5) is 27.7. The average Bonchev–Trinajstić information content (AvgIpc) is 2.89. The van der Waals surface area contributed by atoms with Crippen molar-refractivity contribution in [3.05, 3.63) is 66.2 Å². The van der Waals surface area contributed by atoms with Gasteiger partial charge in [0.05, 0.1) is 16.9 Å². The van der Waals surface area contributed by atoms with Gasteiger partial charge in [0.2, 0.25) is 21.8 Å². The maximum Gasteiger partial charge on any atom is 0.243 e. The fraction of sp³-hybridized carbons (Fsp3) is 0.500. The van der Waals surface area contributed by atoms with E-state index in [4.69, 9.17) is 0 Å². The first-order valence-corrected chi connectivity index (χ1v) is 14.4. The zero-order valence-electron chi connectivity index (χ0n) is 21.2. The van der Waals surface area contributed by atoms with Crippen LogP contribution >= 0.6 is 0 Å². The number of hydrogen-bond donors (Lipinski definition) is 1. The van der Waals surface area contributed by atoms with Crippen molar-refractivity contribution in [1.82, 2.24) is 14.5 Å². The number of benzene rings is 2. The molecule has 2 fully saturated rings. The van der Waals surface area contributed by atoms with Crippen molar-refractivity contribution < 1.29 is 18.0 Å². The molecule has 36 heavy (non-hydrogen) atoms. The minimum absolute atomic E-state index is 0.0155. The Kier molecular flexibility index (Phi) is 8.46. The summed E-state index contributed by atoms with van der Waals surface area (Å²) in [6, 6.07) is 17.9. The summed E-state index contributed by atoms with van der Waals surface area (Å²) in [7, 11) is -3.77. The van der Waals surface area contributed by atoms with Gasteiger partial charge < -0.3 is 10.2 Å². The summed E-state index contributed by atoms with van der Waals surface area (Å²) < 4.78 is 28.9. The normalized spacial score (nSPS) is 21.9. The number of sulfonamides is 1. The van der Waals surface area contributed by atoms with Crippen LogP contribution in [0.3, 0.4) is 0 Å². The summed E-state index contributed by atoms with van der Waals surface area (Å²) in [6.07, 6.45) is 3.19. The number of amides is 2. The highest BCUT2D eigenvalue weighted by molar-refractivity contribution is 7.89. The van der Waals surface area contributed by atoms with Crippen LogP contribution in [0.25, 0.3) is 0 Å². The molecule has 0 bridgehead atoms. The molecule has 194 valence electrons. The number of piperidine rings is 2. The molecule has 0 spiro atoms. The van der Waals surface area contributed by atoms with Crippen LogP contribution < -0.4 is 5.32 Å². The van der Waals surface area contributed by atoms with Crippen molar-refractivity contribution in [2.75, 3.05) is 19.6 Å². The third-order valence-electron chi connectivity index (χ3n) is 7.19. The Morgan fingerprint density at radius 1 is 0.917 bits per heavy atom. The fourth-order valence-electron chi connectivity index (χ4n) is 5.30. The number of nitrogens with zero attached hydrogens (tertiary/aromatic N) is 2. The molecule has 2 aromatic rings. The van der Waals surface area contributed by atoms with Gasteiger partial charge in [-0.1, -0.05) is 62.4 Å². The van der Waals surface area contributed by atoms with E-state index in [1.165, 1.54) is 4.31 Å². The Balaban J connectivity index is 1.46. The monoisotopic (exact) mass is 511 g/mol. The molecule has 7 nitrogen and oxygen atoms in total. The van der Waals surface area contributed by atoms with E-state index in [2.05, 4.69) is 5.32 Å². The Morgan fingerprint density at radius 2 is 1.53 bits per heavy atom. The van der Waals surface area contributed by atoms with E-state index in [0.29, 0.717) is 38.3 Å². The van der Waals surface area contributed by atoms with Gasteiger partial charge in [-0.15, -0.1) is 0 Å². The number of rotatable bonds is 7. The molecule has 2 heterocycles. The molecular weight excluding hydrogens is 474 g/mol. The van der Waals surface area contributed by atoms with E-state index in [0.717, 1.165) is 18.4 Å². The molecule has 2 atom stereocenters. The lowest BCUT2D eigenvalue weighted by Gasteiger charge is -2.41. The van der Waals surface area contributed by atoms with Gasteiger partial charge in [0.25, 0.3) is 0 Å². The van der Waals surface area contributed by atoms with Crippen molar-refractivity contribution in [2.24, 2.45) is 11.8 Å². The van der Waals surface area contributed by atoms with E-state index in [1.807, 2.05) is 49.1 Å². The highest BCUT2D eigenvalue weighted by Gasteiger charge is 2.41. The second-order valence-electron chi connectivity index (χ2n) is 10.4. The third kappa shape index (κ3) is 6.16. The summed E-state index contributed by atoms with van der Waals surface area (Å²) in [5, 5.41) is 3.09. The Labute approximate surface area is 214 Å². The van der Waals surface area contributed by atoms with Crippen LogP contribution in [0.15, 0.2) is 65.6 Å². The number of hydrogen-bond acceptors (Lipinski definition) is 4. The van der Waals surface area contributed by atoms with Gasteiger partial charge in [0.1, 0.15) is 0 Å². The van der Waals surface area contributed by atoms with Gasteiger partial charge in [-0.05, 0) is 49.3 Å². The lowest BCUT2D eigenvalue weighted by Crippen LogP contribution is -2.51. The van der Waals surface area contributed by atoms with Crippen LogP contribution in [0.5, 0.6) is 0 Å². The fourth-order valence-corrected chi connectivity index (χ4v) is 7.01. The molecule has 1 N–H and O–H groups in total. The number of likely N-dealkylation sites (tertiary alicyclic amines) is 1. The van der Waals surface area contributed by atoms with Crippen LogP contribution in [-0.4, -0.2) is 55.1 Å². The number of nitrogens with one attached hydrogen (secondary N) is 1. The molecule has 0 aliphatic carbocycles. The molecule has 2 aliphatic heterocycles. The maximum absolute atomic E-state index is 13.7. The van der Waals surface area contributed by atoms with E-state index in [9.17, 15) is 18.0 Å². The Bertz CT molecular complexity index is 1130. The van der Waals surface area contributed by atoms with Crippen LogP contribution in [-0.2, 0) is 19.6 Å². The first kappa shape index (κ1) is 26.4. The molecule has 0 saturated carbocycles. The van der Waals surface area contributed by atoms with Crippen molar-refractivity contribution in [2.45, 2.75) is 62.9 Å². The summed E-state index contributed by atoms with van der Waals surface area (Å²) in [5.41, 5.74) is 0.945. The SMILES string of the molecule is CC(C)CC(=O)NC1CCN(C(=O)[C@@H]2CC[C@H](c3ccccc3)N(S(=O)(=O)c3ccccc3)C2)CC1. The number of carbonyl (C=O) groups excluding carboxylic acids is 2. The Hall–Kier alpha value is -2.71. The third-order valence-corrected chi connectivity index (χ3v) is 9.07. The standard InChI is InChI=1S/C28H37N3O4S/c1-21(2)19-27(32)29-24-15-17-30(18-16-24)28(33)23-13-14-26(22-9-5-3-6-10-22)31(20-23)36(34,35)25-11-7-4-8-12-25/h3-12,21,23-24,26H,13-20H2,1-2H3,(H,29,32)/t23-,26-/m1/s1. The number of carbonyl (C=O) groups is 2. The van der Waals surface area contributed by atoms with Gasteiger partial charge in [0.15, 0.2) is 0 Å². The molecule has 2 aromatic carbocycles. The molecule has 0 radical (unpaired) electrons. The quantitative estimate of drug-likeness (QED) is 0.609. The topological polar surface area (TPSA) is 86.8 Å². The highest BCUT2D eigenvalue weighted by Crippen LogP contribution is 2.38. The van der Waals surface area contributed by atoms with Crippen molar-refractivity contribution in [1.29, 1.82) is 0 Å². The second kappa shape index (κ2) is 11.6. The first-order valence-electron chi connectivity index (χ1n) is 13.0. The molecule has 8 heteroatoms. The van der Waals surface area contributed by atoms with E-state index in [-0.39, 0.29) is 41.3 Å². The lowest BCUT2D eigenvalue weighted by atomic mass is 9.89. The maximum atomic E-state index is 13.7. The minimum atomic E-state index is -3.77. The summed E-state index contributed by atoms with van der Waals surface area (Å²) >= 11 is 0. The predicted octanol–water partition coefficient (Wildman–Crippen LogP) is 3.98. The molecule has 4 rings (SSSR count). The minimum Gasteiger partial charge on any atom is -0.353 e. The molecular formula is C28H37N3O4S. The van der Waals surface area contributed by atoms with Gasteiger partial charge in [0, 0.05) is 32.1 Å². The molecule has 2 aliphatic rings. The zero-order chi connectivity index (χ0) is 25.7. The average molecular weight is 512 g/mol. The molecule has 0 aromatic heterocycles. The summed E-state index contributed by atoms with van der Waals surface area (Å²) in [6.45, 7) is 5.37. The van der Waals surface area contributed by atoms with Gasteiger partial charge in [-0.2, -0.15) is 4.31 Å². The van der Waals surface area contributed by atoms with Crippen LogP contribution in [0.2, 0.25) is 0 Å². The Morgan fingerprint density at radius 3 is 2.14 bits per heavy atom. The molecule has 0 unspecified atom stereocenters. The van der Waals surface area contributed by atoms with Gasteiger partial charge in [-0.25, -0.2) is 8.42 Å². The zero-order valence-corrected chi connectivity index (χ0v) is 22.0. The van der Waals surface area contributed by atoms with E-state index in [1.54, 1.807) is 30.3 Å². The van der Waals surface area contributed by atoms with Gasteiger partial charge in [-0.3, -0.25) is 9.59 Å². The largest absolute Gasteiger partial charge is 0.353 e. The van der Waals surface area contributed by atoms with Crippen LogP contribution in [0, 0.1) is 11.8 Å². The van der Waals surface area contributed by atoms with Crippen molar-refractivity contribution >= 4 is 21.8 Å². The van der Waals surface area contributed by atoms with Crippen LogP contribution in [0.1, 0.15) is 57.6 Å². The molecule has 2 saturated heterocycles. The van der Waals surface area contributed by atoms with E-state index < -0.39 is 10.0 Å². The van der Waals surface area contributed by atoms with E-state index >= 15 is 0 Å². The predicted molar refractivity (Wildman–Crippen MR) is 139 cm³/mol. The highest BCUT2D eigenvalue weighted by atomic mass is 32.2. The van der Waals surface area contributed by atoms with Crippen molar-refractivity contribution in [3.63, 3.8) is 0 Å².